The Morgan fingerprint density at radius 3 is 2.50 bits per heavy atom. The number of hydrogen-bond donors (Lipinski definition) is 1. The van der Waals surface area contributed by atoms with Crippen molar-refractivity contribution in [2.75, 3.05) is 7.05 Å². The zero-order valence-corrected chi connectivity index (χ0v) is 22.2. The zero-order chi connectivity index (χ0) is 25.7. The first-order valence-corrected chi connectivity index (χ1v) is 12.7. The molecule has 2 aromatic carbocycles. The molecule has 0 saturated heterocycles. The van der Waals surface area contributed by atoms with Crippen LogP contribution in [0.25, 0.3) is 11.4 Å². The third-order valence-corrected chi connectivity index (χ3v) is 7.09. The van der Waals surface area contributed by atoms with Crippen molar-refractivity contribution < 1.29 is 13.7 Å². The number of nitrogens with zero attached hydrogens (tertiary/aromatic N) is 3. The lowest BCUT2D eigenvalue weighted by Gasteiger charge is -2.22. The van der Waals surface area contributed by atoms with E-state index in [1.165, 1.54) is 5.56 Å². The van der Waals surface area contributed by atoms with Crippen LogP contribution in [0.5, 0.6) is 0 Å². The molecule has 2 aromatic heterocycles. The summed E-state index contributed by atoms with van der Waals surface area (Å²) in [6.45, 7) is 9.73. The summed E-state index contributed by atoms with van der Waals surface area (Å²) in [6.07, 6.45) is 1.68. The highest BCUT2D eigenvalue weighted by molar-refractivity contribution is 8.01. The normalized spacial score (nSPS) is 11.7. The van der Waals surface area contributed by atoms with Crippen molar-refractivity contribution in [3.8, 4) is 11.4 Å². The number of aryl methyl sites for hydroxylation is 2. The Morgan fingerprint density at radius 2 is 1.83 bits per heavy atom. The molecule has 0 spiro atoms. The molecule has 7 nitrogen and oxygen atoms in total. The molecule has 1 amide bonds. The summed E-state index contributed by atoms with van der Waals surface area (Å²) in [5.74, 6) is 2.01. The Labute approximate surface area is 216 Å². The Morgan fingerprint density at radius 1 is 1.06 bits per heavy atom. The molecular weight excluding hydrogens is 472 g/mol. The minimum atomic E-state index is -0.549. The average molecular weight is 505 g/mol. The Hall–Kier alpha value is -3.36. The molecule has 0 fully saturated rings. The van der Waals surface area contributed by atoms with Crippen LogP contribution in [-0.4, -0.2) is 32.7 Å². The summed E-state index contributed by atoms with van der Waals surface area (Å²) in [4.78, 5) is 20.0. The smallest absolute Gasteiger partial charge is 0.241 e. The predicted octanol–water partition coefficient (Wildman–Crippen LogP) is 5.77. The third-order valence-electron chi connectivity index (χ3n) is 5.89. The Bertz CT molecular complexity index is 1300. The number of aromatic nitrogens is 2. The fourth-order valence-corrected chi connectivity index (χ4v) is 5.09. The molecule has 0 aliphatic carbocycles. The molecule has 0 atom stereocenters. The molecule has 0 saturated carbocycles. The van der Waals surface area contributed by atoms with E-state index in [-0.39, 0.29) is 5.91 Å². The van der Waals surface area contributed by atoms with E-state index in [4.69, 9.17) is 8.94 Å². The molecule has 36 heavy (non-hydrogen) atoms. The van der Waals surface area contributed by atoms with Crippen LogP contribution in [0.3, 0.4) is 0 Å². The van der Waals surface area contributed by atoms with Crippen LogP contribution in [0.15, 0.2) is 74.7 Å². The van der Waals surface area contributed by atoms with Crippen molar-refractivity contribution in [2.24, 2.45) is 0 Å². The van der Waals surface area contributed by atoms with E-state index in [2.05, 4.69) is 70.6 Å². The fraction of sp³-hybridized carbons (Fsp3) is 0.321. The number of thioether (sulfide) groups is 1. The first-order valence-electron chi connectivity index (χ1n) is 11.9. The lowest BCUT2D eigenvalue weighted by molar-refractivity contribution is -0.122. The van der Waals surface area contributed by atoms with Gasteiger partial charge in [0, 0.05) is 24.1 Å². The van der Waals surface area contributed by atoms with Gasteiger partial charge in [0.15, 0.2) is 0 Å². The van der Waals surface area contributed by atoms with Crippen molar-refractivity contribution in [1.82, 2.24) is 20.4 Å². The molecular formula is C28H32N4O3S. The van der Waals surface area contributed by atoms with E-state index in [0.29, 0.717) is 31.3 Å². The molecule has 0 unspecified atom stereocenters. The molecule has 1 N–H and O–H groups in total. The molecule has 2 heterocycles. The van der Waals surface area contributed by atoms with Crippen molar-refractivity contribution in [2.45, 2.75) is 57.0 Å². The van der Waals surface area contributed by atoms with Crippen molar-refractivity contribution in [1.29, 1.82) is 0 Å². The van der Waals surface area contributed by atoms with Gasteiger partial charge in [-0.05, 0) is 63.1 Å². The van der Waals surface area contributed by atoms with Crippen molar-refractivity contribution in [3.05, 3.63) is 89.2 Å². The van der Waals surface area contributed by atoms with Gasteiger partial charge in [0.2, 0.25) is 17.6 Å². The molecule has 0 radical (unpaired) electrons. The van der Waals surface area contributed by atoms with Gasteiger partial charge in [-0.3, -0.25) is 9.69 Å². The number of carbonyl (C=O) groups is 1. The molecule has 0 aliphatic heterocycles. The van der Waals surface area contributed by atoms with E-state index in [0.717, 1.165) is 27.3 Å². The van der Waals surface area contributed by atoms with Gasteiger partial charge >= 0.3 is 0 Å². The van der Waals surface area contributed by atoms with Crippen LogP contribution in [0.2, 0.25) is 0 Å². The van der Waals surface area contributed by atoms with Crippen LogP contribution >= 0.6 is 11.8 Å². The van der Waals surface area contributed by atoms with Gasteiger partial charge in [0.1, 0.15) is 5.76 Å². The van der Waals surface area contributed by atoms with Crippen LogP contribution in [0, 0.1) is 13.8 Å². The maximum absolute atomic E-state index is 12.1. The minimum Gasteiger partial charge on any atom is -0.468 e. The first kappa shape index (κ1) is 25.7. The van der Waals surface area contributed by atoms with Crippen molar-refractivity contribution in [3.63, 3.8) is 0 Å². The topological polar surface area (TPSA) is 84.4 Å². The molecule has 4 aromatic rings. The lowest BCUT2D eigenvalue weighted by Crippen LogP contribution is -2.37. The second-order valence-electron chi connectivity index (χ2n) is 9.39. The van der Waals surface area contributed by atoms with Crippen LogP contribution in [0.1, 0.15) is 42.2 Å². The maximum atomic E-state index is 12.1. The highest BCUT2D eigenvalue weighted by Gasteiger charge is 2.27. The van der Waals surface area contributed by atoms with Crippen LogP contribution in [-0.2, 0) is 24.4 Å². The molecule has 188 valence electrons. The number of benzene rings is 2. The second kappa shape index (κ2) is 11.1. The van der Waals surface area contributed by atoms with Gasteiger partial charge in [0.25, 0.3) is 0 Å². The molecule has 0 aliphatic rings. The van der Waals surface area contributed by atoms with E-state index in [9.17, 15) is 4.79 Å². The van der Waals surface area contributed by atoms with Gasteiger partial charge in [-0.25, -0.2) is 0 Å². The second-order valence-corrected chi connectivity index (χ2v) is 11.1. The van der Waals surface area contributed by atoms with Crippen LogP contribution in [0.4, 0.5) is 0 Å². The van der Waals surface area contributed by atoms with E-state index in [1.54, 1.807) is 25.1 Å². The number of furan rings is 1. The number of hydrogen-bond acceptors (Lipinski definition) is 7. The summed E-state index contributed by atoms with van der Waals surface area (Å²) in [5, 5.41) is 6.96. The number of nitrogens with one attached hydrogen (secondary N) is 1. The minimum absolute atomic E-state index is 0.000886. The summed E-state index contributed by atoms with van der Waals surface area (Å²) in [6, 6.07) is 18.3. The lowest BCUT2D eigenvalue weighted by atomic mass is 10.1. The summed E-state index contributed by atoms with van der Waals surface area (Å²) in [7, 11) is 1.66. The van der Waals surface area contributed by atoms with Crippen LogP contribution < -0.4 is 5.32 Å². The standard InChI is InChI=1S/C28H32N4O3S/c1-19-8-13-24(20(2)15-19)26-30-25(35-31-26)18-32(17-22-7-6-14-34-22)16-21-9-11-23(12-10-21)36-28(3,4)27(33)29-5/h6-15H,16-18H2,1-5H3,(H,29,33). The van der Waals surface area contributed by atoms with E-state index in [1.807, 2.05) is 32.0 Å². The maximum Gasteiger partial charge on any atom is 0.241 e. The van der Waals surface area contributed by atoms with Gasteiger partial charge < -0.3 is 14.3 Å². The summed E-state index contributed by atoms with van der Waals surface area (Å²) in [5.41, 5.74) is 4.43. The van der Waals surface area contributed by atoms with Gasteiger partial charge in [-0.1, -0.05) is 41.1 Å². The SMILES string of the molecule is CNC(=O)C(C)(C)Sc1ccc(CN(Cc2ccco2)Cc2nc(-c3ccc(C)cc3C)no2)cc1. The van der Waals surface area contributed by atoms with E-state index >= 15 is 0 Å². The van der Waals surface area contributed by atoms with Crippen molar-refractivity contribution >= 4 is 17.7 Å². The number of amides is 1. The Balaban J connectivity index is 1.48. The van der Waals surface area contributed by atoms with Gasteiger partial charge in [0.05, 0.1) is 24.1 Å². The zero-order valence-electron chi connectivity index (χ0n) is 21.4. The van der Waals surface area contributed by atoms with Gasteiger partial charge in [-0.15, -0.1) is 11.8 Å². The largest absolute Gasteiger partial charge is 0.468 e. The molecule has 4 rings (SSSR count). The van der Waals surface area contributed by atoms with E-state index < -0.39 is 4.75 Å². The predicted molar refractivity (Wildman–Crippen MR) is 141 cm³/mol. The number of carbonyl (C=O) groups excluding carboxylic acids is 1. The summed E-state index contributed by atoms with van der Waals surface area (Å²) >= 11 is 1.54. The molecule has 8 heteroatoms. The first-order chi connectivity index (χ1) is 17.2. The molecule has 0 bridgehead atoms. The quantitative estimate of drug-likeness (QED) is 0.275. The highest BCUT2D eigenvalue weighted by Crippen LogP contribution is 2.33. The Kier molecular flexibility index (Phi) is 7.96. The summed E-state index contributed by atoms with van der Waals surface area (Å²) < 4.78 is 10.7. The third kappa shape index (κ3) is 6.44. The monoisotopic (exact) mass is 504 g/mol. The van der Waals surface area contributed by atoms with Gasteiger partial charge in [-0.2, -0.15) is 4.98 Å². The number of rotatable bonds is 10. The highest BCUT2D eigenvalue weighted by atomic mass is 32.2. The average Bonchev–Trinajstić information content (AvgIpc) is 3.52. The fourth-order valence-electron chi connectivity index (χ4n) is 4.04.